The molecule has 13 heavy (non-hydrogen) atoms. The first kappa shape index (κ1) is 9.40. The lowest BCUT2D eigenvalue weighted by atomic mass is 10.2. The van der Waals surface area contributed by atoms with Gasteiger partial charge in [0.25, 0.3) is 0 Å². The summed E-state index contributed by atoms with van der Waals surface area (Å²) in [4.78, 5) is 2.52. The molecule has 0 saturated carbocycles. The van der Waals surface area contributed by atoms with Crippen molar-refractivity contribution in [2.75, 3.05) is 39.6 Å². The van der Waals surface area contributed by atoms with Crippen LogP contribution in [0.4, 0.5) is 0 Å². The summed E-state index contributed by atoms with van der Waals surface area (Å²) in [7, 11) is 0. The molecule has 0 spiro atoms. The summed E-state index contributed by atoms with van der Waals surface area (Å²) in [5.74, 6) is 0. The van der Waals surface area contributed by atoms with Gasteiger partial charge in [-0.2, -0.15) is 5.01 Å². The zero-order valence-corrected chi connectivity index (χ0v) is 8.57. The molecular formula is C9H19N3O. The van der Waals surface area contributed by atoms with E-state index in [0.29, 0.717) is 6.04 Å². The lowest BCUT2D eigenvalue weighted by Gasteiger charge is -2.45. The standard InChI is InChI=1S/C9H19N3O/c1-9(2)10-3-5-11(6-4-10)12-7-13-8-12/h9H,3-8H2,1-2H3. The van der Waals surface area contributed by atoms with E-state index in [2.05, 4.69) is 28.8 Å². The van der Waals surface area contributed by atoms with Gasteiger partial charge in [-0.15, -0.1) is 0 Å². The molecule has 0 bridgehead atoms. The number of piperazine rings is 1. The quantitative estimate of drug-likeness (QED) is 0.610. The Hall–Kier alpha value is -0.160. The molecule has 0 N–H and O–H groups in total. The number of ether oxygens (including phenoxy) is 1. The highest BCUT2D eigenvalue weighted by molar-refractivity contribution is 4.73. The van der Waals surface area contributed by atoms with E-state index in [0.717, 1.165) is 26.6 Å². The minimum atomic E-state index is 0.690. The maximum absolute atomic E-state index is 5.13. The molecule has 0 atom stereocenters. The van der Waals surface area contributed by atoms with Crippen molar-refractivity contribution in [1.29, 1.82) is 0 Å². The molecule has 2 heterocycles. The number of hydrazine groups is 1. The van der Waals surface area contributed by atoms with Crippen molar-refractivity contribution in [3.8, 4) is 0 Å². The fourth-order valence-electron chi connectivity index (χ4n) is 1.85. The van der Waals surface area contributed by atoms with Crippen molar-refractivity contribution in [1.82, 2.24) is 14.9 Å². The van der Waals surface area contributed by atoms with Crippen LogP contribution in [-0.2, 0) is 4.74 Å². The highest BCUT2D eigenvalue weighted by Gasteiger charge is 2.26. The summed E-state index contributed by atoms with van der Waals surface area (Å²) in [5, 5.41) is 4.68. The minimum Gasteiger partial charge on any atom is -0.348 e. The molecule has 4 nitrogen and oxygen atoms in total. The largest absolute Gasteiger partial charge is 0.348 e. The monoisotopic (exact) mass is 185 g/mol. The first-order chi connectivity index (χ1) is 6.27. The van der Waals surface area contributed by atoms with Crippen molar-refractivity contribution in [2.24, 2.45) is 0 Å². The van der Waals surface area contributed by atoms with E-state index in [1.807, 2.05) is 0 Å². The third-order valence-electron chi connectivity index (χ3n) is 2.90. The van der Waals surface area contributed by atoms with Crippen molar-refractivity contribution in [3.63, 3.8) is 0 Å². The van der Waals surface area contributed by atoms with Crippen LogP contribution >= 0.6 is 0 Å². The van der Waals surface area contributed by atoms with E-state index < -0.39 is 0 Å². The summed E-state index contributed by atoms with van der Waals surface area (Å²) in [6.45, 7) is 10.8. The fourth-order valence-corrected chi connectivity index (χ4v) is 1.85. The van der Waals surface area contributed by atoms with E-state index in [4.69, 9.17) is 4.74 Å². The molecule has 0 radical (unpaired) electrons. The first-order valence-electron chi connectivity index (χ1n) is 5.09. The lowest BCUT2D eigenvalue weighted by molar-refractivity contribution is -0.256. The third-order valence-corrected chi connectivity index (χ3v) is 2.90. The van der Waals surface area contributed by atoms with Gasteiger partial charge in [0, 0.05) is 32.2 Å². The number of nitrogens with zero attached hydrogens (tertiary/aromatic N) is 3. The molecule has 0 aromatic rings. The fraction of sp³-hybridized carbons (Fsp3) is 1.00. The van der Waals surface area contributed by atoms with Crippen LogP contribution in [-0.4, -0.2) is 60.6 Å². The maximum Gasteiger partial charge on any atom is 0.116 e. The van der Waals surface area contributed by atoms with E-state index in [9.17, 15) is 0 Å². The Bertz CT molecular complexity index is 162. The molecular weight excluding hydrogens is 166 g/mol. The third kappa shape index (κ3) is 2.02. The van der Waals surface area contributed by atoms with Gasteiger partial charge < -0.3 is 4.74 Å². The van der Waals surface area contributed by atoms with Crippen molar-refractivity contribution >= 4 is 0 Å². The Morgan fingerprint density at radius 1 is 0.923 bits per heavy atom. The topological polar surface area (TPSA) is 19.0 Å². The zero-order chi connectivity index (χ0) is 9.26. The van der Waals surface area contributed by atoms with Crippen LogP contribution in [0.25, 0.3) is 0 Å². The van der Waals surface area contributed by atoms with Crippen LogP contribution in [0.1, 0.15) is 13.8 Å². The molecule has 76 valence electrons. The zero-order valence-electron chi connectivity index (χ0n) is 8.57. The van der Waals surface area contributed by atoms with Crippen LogP contribution in [0, 0.1) is 0 Å². The van der Waals surface area contributed by atoms with Crippen molar-refractivity contribution in [2.45, 2.75) is 19.9 Å². The molecule has 2 saturated heterocycles. The lowest BCUT2D eigenvalue weighted by Crippen LogP contribution is -2.59. The van der Waals surface area contributed by atoms with E-state index in [1.165, 1.54) is 13.1 Å². The molecule has 0 amide bonds. The van der Waals surface area contributed by atoms with Crippen LogP contribution in [0.5, 0.6) is 0 Å². The number of hydrogen-bond donors (Lipinski definition) is 0. The average molecular weight is 185 g/mol. The van der Waals surface area contributed by atoms with Crippen LogP contribution in [0.3, 0.4) is 0 Å². The van der Waals surface area contributed by atoms with Gasteiger partial charge in [-0.1, -0.05) is 0 Å². The number of hydrogen-bond acceptors (Lipinski definition) is 4. The molecule has 4 heteroatoms. The second-order valence-corrected chi connectivity index (χ2v) is 4.05. The summed E-state index contributed by atoms with van der Waals surface area (Å²) >= 11 is 0. The SMILES string of the molecule is CC(C)N1CCN(N2COC2)CC1. The average Bonchev–Trinajstić information content (AvgIpc) is 2.02. The number of rotatable bonds is 2. The van der Waals surface area contributed by atoms with E-state index in [1.54, 1.807) is 0 Å². The Balaban J connectivity index is 1.75. The van der Waals surface area contributed by atoms with E-state index in [-0.39, 0.29) is 0 Å². The highest BCUT2D eigenvalue weighted by atomic mass is 16.6. The molecule has 2 rings (SSSR count). The smallest absolute Gasteiger partial charge is 0.116 e. The second-order valence-electron chi connectivity index (χ2n) is 4.05. The maximum atomic E-state index is 5.13. The van der Waals surface area contributed by atoms with Crippen molar-refractivity contribution < 1.29 is 4.74 Å². The predicted molar refractivity (Wildman–Crippen MR) is 50.9 cm³/mol. The second kappa shape index (κ2) is 3.92. The van der Waals surface area contributed by atoms with Gasteiger partial charge >= 0.3 is 0 Å². The summed E-state index contributed by atoms with van der Waals surface area (Å²) < 4.78 is 5.13. The molecule has 2 aliphatic heterocycles. The van der Waals surface area contributed by atoms with Crippen LogP contribution in [0.15, 0.2) is 0 Å². The Labute approximate surface area is 80.0 Å². The van der Waals surface area contributed by atoms with Gasteiger partial charge in [0.15, 0.2) is 0 Å². The van der Waals surface area contributed by atoms with Gasteiger partial charge in [0.05, 0.1) is 0 Å². The normalized spacial score (nSPS) is 27.9. The van der Waals surface area contributed by atoms with Gasteiger partial charge in [0.2, 0.25) is 0 Å². The summed E-state index contributed by atoms with van der Waals surface area (Å²) in [6, 6.07) is 0.690. The van der Waals surface area contributed by atoms with Crippen LogP contribution < -0.4 is 0 Å². The Morgan fingerprint density at radius 2 is 1.54 bits per heavy atom. The summed E-state index contributed by atoms with van der Waals surface area (Å²) in [6.07, 6.45) is 0. The molecule has 0 aromatic heterocycles. The Morgan fingerprint density at radius 3 is 1.92 bits per heavy atom. The minimum absolute atomic E-state index is 0.690. The van der Waals surface area contributed by atoms with Gasteiger partial charge in [-0.3, -0.25) is 4.90 Å². The molecule has 0 unspecified atom stereocenters. The van der Waals surface area contributed by atoms with Gasteiger partial charge in [0.1, 0.15) is 13.5 Å². The molecule has 2 aliphatic rings. The predicted octanol–water partition coefficient (Wildman–Crippen LogP) is 0.175. The van der Waals surface area contributed by atoms with Crippen LogP contribution in [0.2, 0.25) is 0 Å². The van der Waals surface area contributed by atoms with E-state index >= 15 is 0 Å². The molecule has 2 fully saturated rings. The first-order valence-corrected chi connectivity index (χ1v) is 5.09. The van der Waals surface area contributed by atoms with Gasteiger partial charge in [-0.05, 0) is 13.8 Å². The Kier molecular flexibility index (Phi) is 2.83. The molecule has 0 aliphatic carbocycles. The highest BCUT2D eigenvalue weighted by Crippen LogP contribution is 2.12. The van der Waals surface area contributed by atoms with Gasteiger partial charge in [-0.25, -0.2) is 5.01 Å². The summed E-state index contributed by atoms with van der Waals surface area (Å²) in [5.41, 5.74) is 0. The van der Waals surface area contributed by atoms with Crippen molar-refractivity contribution in [3.05, 3.63) is 0 Å². The molecule has 0 aromatic carbocycles.